The zero-order valence-electron chi connectivity index (χ0n) is 13.5. The molecule has 0 unspecified atom stereocenters. The first kappa shape index (κ1) is 16.3. The summed E-state index contributed by atoms with van der Waals surface area (Å²) < 4.78 is 1.83. The molecule has 1 aliphatic carbocycles. The van der Waals surface area contributed by atoms with Gasteiger partial charge in [0.15, 0.2) is 5.96 Å². The van der Waals surface area contributed by atoms with E-state index < -0.39 is 0 Å². The SMILES string of the molecule is CN=C(NCCCCn1c(C)cccc1=O)NC1CC=CC1. The third kappa shape index (κ3) is 4.76. The molecule has 1 aromatic heterocycles. The highest BCUT2D eigenvalue weighted by atomic mass is 16.1. The van der Waals surface area contributed by atoms with E-state index in [-0.39, 0.29) is 5.56 Å². The van der Waals surface area contributed by atoms with Gasteiger partial charge in [0.2, 0.25) is 0 Å². The first-order valence-corrected chi connectivity index (χ1v) is 7.99. The van der Waals surface area contributed by atoms with Crippen LogP contribution in [0.5, 0.6) is 0 Å². The van der Waals surface area contributed by atoms with Crippen LogP contribution in [0.4, 0.5) is 0 Å². The summed E-state index contributed by atoms with van der Waals surface area (Å²) in [6, 6.07) is 5.87. The van der Waals surface area contributed by atoms with Crippen molar-refractivity contribution in [3.63, 3.8) is 0 Å². The minimum Gasteiger partial charge on any atom is -0.356 e. The van der Waals surface area contributed by atoms with Crippen molar-refractivity contribution in [2.24, 2.45) is 4.99 Å². The second kappa shape index (κ2) is 8.41. The Bertz CT molecular complexity index is 581. The van der Waals surface area contributed by atoms with E-state index in [0.717, 1.165) is 50.4 Å². The maximum absolute atomic E-state index is 11.8. The number of aromatic nitrogens is 1. The minimum absolute atomic E-state index is 0.0826. The fourth-order valence-corrected chi connectivity index (χ4v) is 2.63. The topological polar surface area (TPSA) is 58.4 Å². The van der Waals surface area contributed by atoms with E-state index in [0.29, 0.717) is 6.04 Å². The van der Waals surface area contributed by atoms with Gasteiger partial charge in [-0.05, 0) is 38.7 Å². The fraction of sp³-hybridized carbons (Fsp3) is 0.529. The maximum atomic E-state index is 11.8. The van der Waals surface area contributed by atoms with Crippen molar-refractivity contribution in [2.75, 3.05) is 13.6 Å². The lowest BCUT2D eigenvalue weighted by Gasteiger charge is -2.17. The maximum Gasteiger partial charge on any atom is 0.250 e. The molecule has 0 radical (unpaired) electrons. The number of hydrogen-bond acceptors (Lipinski definition) is 2. The Labute approximate surface area is 132 Å². The van der Waals surface area contributed by atoms with Gasteiger partial charge in [0, 0.05) is 37.9 Å². The van der Waals surface area contributed by atoms with Gasteiger partial charge in [-0.1, -0.05) is 18.2 Å². The van der Waals surface area contributed by atoms with Gasteiger partial charge >= 0.3 is 0 Å². The van der Waals surface area contributed by atoms with Gasteiger partial charge in [-0.25, -0.2) is 0 Å². The molecule has 0 spiro atoms. The normalized spacial score (nSPS) is 15.3. The molecule has 0 saturated heterocycles. The molecule has 0 amide bonds. The molecule has 2 rings (SSSR count). The van der Waals surface area contributed by atoms with Crippen LogP contribution in [0.15, 0.2) is 40.1 Å². The van der Waals surface area contributed by atoms with Crippen molar-refractivity contribution in [2.45, 2.75) is 45.2 Å². The molecule has 0 bridgehead atoms. The van der Waals surface area contributed by atoms with Crippen LogP contribution in [-0.2, 0) is 6.54 Å². The molecule has 5 nitrogen and oxygen atoms in total. The Morgan fingerprint density at radius 3 is 2.77 bits per heavy atom. The van der Waals surface area contributed by atoms with Crippen LogP contribution in [-0.4, -0.2) is 30.2 Å². The number of rotatable bonds is 6. The van der Waals surface area contributed by atoms with Crippen LogP contribution >= 0.6 is 0 Å². The molecule has 2 N–H and O–H groups in total. The number of aryl methyl sites for hydroxylation is 1. The summed E-state index contributed by atoms with van der Waals surface area (Å²) in [7, 11) is 1.80. The smallest absolute Gasteiger partial charge is 0.250 e. The summed E-state index contributed by atoms with van der Waals surface area (Å²) in [5, 5.41) is 6.75. The second-order valence-electron chi connectivity index (χ2n) is 5.65. The number of nitrogens with one attached hydrogen (secondary N) is 2. The fourth-order valence-electron chi connectivity index (χ4n) is 2.63. The van der Waals surface area contributed by atoms with Gasteiger partial charge in [-0.2, -0.15) is 0 Å². The monoisotopic (exact) mass is 302 g/mol. The molecule has 1 aromatic rings. The molecule has 1 aliphatic rings. The molecule has 0 saturated carbocycles. The van der Waals surface area contributed by atoms with Crippen molar-refractivity contribution in [3.05, 3.63) is 46.4 Å². The lowest BCUT2D eigenvalue weighted by molar-refractivity contribution is 0.570. The van der Waals surface area contributed by atoms with E-state index in [4.69, 9.17) is 0 Å². The number of nitrogens with zero attached hydrogens (tertiary/aromatic N) is 2. The van der Waals surface area contributed by atoms with E-state index in [2.05, 4.69) is 27.8 Å². The highest BCUT2D eigenvalue weighted by molar-refractivity contribution is 5.80. The van der Waals surface area contributed by atoms with Gasteiger partial charge < -0.3 is 15.2 Å². The van der Waals surface area contributed by atoms with Crippen LogP contribution in [0.3, 0.4) is 0 Å². The standard InChI is InChI=1S/C17H26N4O/c1-14-8-7-11-16(22)21(14)13-6-5-12-19-17(18-2)20-15-9-3-4-10-15/h3-4,7-8,11,15H,5-6,9-10,12-13H2,1-2H3,(H2,18,19,20). The number of hydrogen-bond donors (Lipinski definition) is 2. The van der Waals surface area contributed by atoms with Crippen molar-refractivity contribution >= 4 is 5.96 Å². The molecular weight excluding hydrogens is 276 g/mol. The van der Waals surface area contributed by atoms with Gasteiger partial charge in [-0.15, -0.1) is 0 Å². The summed E-state index contributed by atoms with van der Waals surface area (Å²) >= 11 is 0. The van der Waals surface area contributed by atoms with Gasteiger partial charge in [0.25, 0.3) is 5.56 Å². The number of unbranched alkanes of at least 4 members (excludes halogenated alkanes) is 1. The first-order chi connectivity index (χ1) is 10.7. The van der Waals surface area contributed by atoms with Crippen molar-refractivity contribution in [3.8, 4) is 0 Å². The van der Waals surface area contributed by atoms with Crippen LogP contribution in [0.25, 0.3) is 0 Å². The number of guanidine groups is 1. The van der Waals surface area contributed by atoms with Crippen LogP contribution in [0.1, 0.15) is 31.4 Å². The molecule has 5 heteroatoms. The Balaban J connectivity index is 1.67. The van der Waals surface area contributed by atoms with E-state index in [1.54, 1.807) is 13.1 Å². The third-order valence-electron chi connectivity index (χ3n) is 3.94. The average molecular weight is 302 g/mol. The zero-order valence-corrected chi connectivity index (χ0v) is 13.5. The lowest BCUT2D eigenvalue weighted by atomic mass is 10.2. The lowest BCUT2D eigenvalue weighted by Crippen LogP contribution is -2.42. The van der Waals surface area contributed by atoms with Crippen molar-refractivity contribution < 1.29 is 0 Å². The highest BCUT2D eigenvalue weighted by Crippen LogP contribution is 2.08. The van der Waals surface area contributed by atoms with Gasteiger partial charge in [0.05, 0.1) is 0 Å². The zero-order chi connectivity index (χ0) is 15.8. The number of aliphatic imine (C=N–C) groups is 1. The summed E-state index contributed by atoms with van der Waals surface area (Å²) in [5.74, 6) is 0.863. The molecule has 120 valence electrons. The Morgan fingerprint density at radius 2 is 2.09 bits per heavy atom. The van der Waals surface area contributed by atoms with Crippen LogP contribution in [0.2, 0.25) is 0 Å². The first-order valence-electron chi connectivity index (χ1n) is 7.99. The van der Waals surface area contributed by atoms with Gasteiger partial charge in [-0.3, -0.25) is 9.79 Å². The average Bonchev–Trinajstić information content (AvgIpc) is 3.01. The minimum atomic E-state index is 0.0826. The molecular formula is C17H26N4O. The second-order valence-corrected chi connectivity index (χ2v) is 5.65. The predicted octanol–water partition coefficient (Wildman–Crippen LogP) is 1.82. The summed E-state index contributed by atoms with van der Waals surface area (Å²) in [4.78, 5) is 16.0. The molecule has 0 aromatic carbocycles. The highest BCUT2D eigenvalue weighted by Gasteiger charge is 2.11. The summed E-state index contributed by atoms with van der Waals surface area (Å²) in [6.45, 7) is 3.60. The third-order valence-corrected chi connectivity index (χ3v) is 3.94. The summed E-state index contributed by atoms with van der Waals surface area (Å²) in [6.07, 6.45) is 8.51. The van der Waals surface area contributed by atoms with Crippen LogP contribution < -0.4 is 16.2 Å². The largest absolute Gasteiger partial charge is 0.356 e. The Hall–Kier alpha value is -2.04. The van der Waals surface area contributed by atoms with Gasteiger partial charge in [0.1, 0.15) is 0 Å². The number of pyridine rings is 1. The predicted molar refractivity (Wildman–Crippen MR) is 91.3 cm³/mol. The van der Waals surface area contributed by atoms with E-state index in [1.165, 1.54) is 0 Å². The molecule has 1 heterocycles. The van der Waals surface area contributed by atoms with E-state index in [1.807, 2.05) is 23.6 Å². The van der Waals surface area contributed by atoms with E-state index >= 15 is 0 Å². The summed E-state index contributed by atoms with van der Waals surface area (Å²) in [5.41, 5.74) is 1.10. The van der Waals surface area contributed by atoms with E-state index in [9.17, 15) is 4.79 Å². The Kier molecular flexibility index (Phi) is 6.25. The molecule has 0 atom stereocenters. The molecule has 0 fully saturated rings. The Morgan fingerprint density at radius 1 is 1.32 bits per heavy atom. The van der Waals surface area contributed by atoms with Crippen molar-refractivity contribution in [1.82, 2.24) is 15.2 Å². The van der Waals surface area contributed by atoms with Crippen molar-refractivity contribution in [1.29, 1.82) is 0 Å². The molecule has 22 heavy (non-hydrogen) atoms. The quantitative estimate of drug-likeness (QED) is 0.365. The molecule has 0 aliphatic heterocycles. The van der Waals surface area contributed by atoms with Crippen LogP contribution in [0, 0.1) is 6.92 Å².